The van der Waals surface area contributed by atoms with E-state index >= 15 is 0 Å². The minimum atomic E-state index is -0.0777. The van der Waals surface area contributed by atoms with E-state index in [2.05, 4.69) is 10.1 Å². The smallest absolute Gasteiger partial charge is 0.258 e. The third-order valence-electron chi connectivity index (χ3n) is 4.69. The number of benzene rings is 2. The molecule has 0 saturated carbocycles. The molecule has 6 nitrogen and oxygen atoms in total. The Morgan fingerprint density at radius 1 is 1.15 bits per heavy atom. The molecular formula is C20H19N3O3. The third-order valence-corrected chi connectivity index (χ3v) is 4.69. The normalized spacial score (nSPS) is 16.9. The van der Waals surface area contributed by atoms with E-state index in [4.69, 9.17) is 9.26 Å². The van der Waals surface area contributed by atoms with Gasteiger partial charge in [0.1, 0.15) is 5.75 Å². The minimum absolute atomic E-state index is 0.0578. The predicted molar refractivity (Wildman–Crippen MR) is 97.2 cm³/mol. The highest BCUT2D eigenvalue weighted by atomic mass is 16.5. The number of anilines is 1. The highest BCUT2D eigenvalue weighted by Gasteiger charge is 2.34. The maximum absolute atomic E-state index is 12.5. The van der Waals surface area contributed by atoms with Gasteiger partial charge >= 0.3 is 0 Å². The first-order valence-electron chi connectivity index (χ1n) is 8.49. The van der Waals surface area contributed by atoms with E-state index in [0.717, 1.165) is 22.6 Å². The second-order valence-electron chi connectivity index (χ2n) is 6.38. The van der Waals surface area contributed by atoms with Crippen molar-refractivity contribution >= 4 is 11.6 Å². The lowest BCUT2D eigenvalue weighted by molar-refractivity contribution is -0.117. The maximum atomic E-state index is 12.5. The molecule has 3 aromatic rings. The van der Waals surface area contributed by atoms with Crippen LogP contribution in [0, 0.1) is 6.92 Å². The Bertz CT molecular complexity index is 933. The SMILES string of the molecule is COc1ccc(N2C[C@@H](c3noc(-c4ccccc4C)n3)CC2=O)cc1. The number of amides is 1. The van der Waals surface area contributed by atoms with Crippen LogP contribution < -0.4 is 9.64 Å². The molecule has 0 bridgehead atoms. The van der Waals surface area contributed by atoms with Crippen molar-refractivity contribution in [1.29, 1.82) is 0 Å². The zero-order valence-electron chi connectivity index (χ0n) is 14.7. The van der Waals surface area contributed by atoms with Gasteiger partial charge in [0.15, 0.2) is 5.82 Å². The van der Waals surface area contributed by atoms with Gasteiger partial charge in [0.2, 0.25) is 5.91 Å². The van der Waals surface area contributed by atoms with Crippen molar-refractivity contribution in [1.82, 2.24) is 10.1 Å². The van der Waals surface area contributed by atoms with Crippen LogP contribution in [0.15, 0.2) is 53.1 Å². The standard InChI is InChI=1S/C20H19N3O3/c1-13-5-3-4-6-17(13)20-21-19(22-26-20)14-11-18(24)23(12-14)15-7-9-16(25-2)10-8-15/h3-10,14H,11-12H2,1-2H3/t14-/m0/s1. The summed E-state index contributed by atoms with van der Waals surface area (Å²) < 4.78 is 10.6. The fourth-order valence-electron chi connectivity index (χ4n) is 3.22. The molecule has 0 aliphatic carbocycles. The molecule has 2 heterocycles. The highest BCUT2D eigenvalue weighted by molar-refractivity contribution is 5.96. The first-order valence-corrected chi connectivity index (χ1v) is 8.49. The summed E-state index contributed by atoms with van der Waals surface area (Å²) in [5, 5.41) is 4.12. The zero-order chi connectivity index (χ0) is 18.1. The van der Waals surface area contributed by atoms with Crippen LogP contribution in [0.1, 0.15) is 23.7 Å². The van der Waals surface area contributed by atoms with E-state index in [1.165, 1.54) is 0 Å². The van der Waals surface area contributed by atoms with Crippen LogP contribution in [0.2, 0.25) is 0 Å². The molecule has 2 aromatic carbocycles. The van der Waals surface area contributed by atoms with Gasteiger partial charge in [0.25, 0.3) is 5.89 Å². The Morgan fingerprint density at radius 3 is 2.65 bits per heavy atom. The zero-order valence-corrected chi connectivity index (χ0v) is 14.7. The first-order chi connectivity index (χ1) is 12.7. The second kappa shape index (κ2) is 6.63. The molecule has 0 spiro atoms. The van der Waals surface area contributed by atoms with E-state index in [1.807, 2.05) is 55.5 Å². The topological polar surface area (TPSA) is 68.5 Å². The average Bonchev–Trinajstić information content (AvgIpc) is 3.29. The van der Waals surface area contributed by atoms with Crippen molar-refractivity contribution in [3.63, 3.8) is 0 Å². The van der Waals surface area contributed by atoms with Gasteiger partial charge in [0.05, 0.1) is 7.11 Å². The number of methoxy groups -OCH3 is 1. The third kappa shape index (κ3) is 2.94. The Hall–Kier alpha value is -3.15. The molecule has 0 N–H and O–H groups in total. The molecule has 1 atom stereocenters. The molecule has 1 saturated heterocycles. The summed E-state index contributed by atoms with van der Waals surface area (Å²) in [6.45, 7) is 2.54. The van der Waals surface area contributed by atoms with Crippen LogP contribution in [0.4, 0.5) is 5.69 Å². The van der Waals surface area contributed by atoms with E-state index < -0.39 is 0 Å². The summed E-state index contributed by atoms with van der Waals surface area (Å²) in [5.74, 6) is 1.81. The molecule has 4 rings (SSSR count). The molecule has 6 heteroatoms. The van der Waals surface area contributed by atoms with Gasteiger partial charge in [-0.2, -0.15) is 4.98 Å². The van der Waals surface area contributed by atoms with Crippen LogP contribution >= 0.6 is 0 Å². The molecular weight excluding hydrogens is 330 g/mol. The number of hydrogen-bond donors (Lipinski definition) is 0. The van der Waals surface area contributed by atoms with Gasteiger partial charge in [-0.1, -0.05) is 23.4 Å². The van der Waals surface area contributed by atoms with Crippen LogP contribution in [-0.2, 0) is 4.79 Å². The van der Waals surface area contributed by atoms with Gasteiger partial charge in [-0.3, -0.25) is 4.79 Å². The fourth-order valence-corrected chi connectivity index (χ4v) is 3.22. The second-order valence-corrected chi connectivity index (χ2v) is 6.38. The quantitative estimate of drug-likeness (QED) is 0.720. The average molecular weight is 349 g/mol. The molecule has 1 aromatic heterocycles. The monoisotopic (exact) mass is 349 g/mol. The van der Waals surface area contributed by atoms with Gasteiger partial charge < -0.3 is 14.2 Å². The molecule has 1 amide bonds. The van der Waals surface area contributed by atoms with Crippen molar-refractivity contribution in [2.24, 2.45) is 0 Å². The number of ether oxygens (including phenoxy) is 1. The molecule has 0 unspecified atom stereocenters. The van der Waals surface area contributed by atoms with E-state index in [9.17, 15) is 4.79 Å². The first kappa shape index (κ1) is 16.3. The van der Waals surface area contributed by atoms with E-state index in [1.54, 1.807) is 12.0 Å². The number of rotatable bonds is 4. The van der Waals surface area contributed by atoms with Crippen molar-refractivity contribution < 1.29 is 14.1 Å². The lowest BCUT2D eigenvalue weighted by atomic mass is 10.1. The van der Waals surface area contributed by atoms with Crippen LogP contribution in [0.3, 0.4) is 0 Å². The largest absolute Gasteiger partial charge is 0.497 e. The van der Waals surface area contributed by atoms with Gasteiger partial charge in [-0.25, -0.2) is 0 Å². The summed E-state index contributed by atoms with van der Waals surface area (Å²) in [6.07, 6.45) is 0.374. The lowest BCUT2D eigenvalue weighted by Gasteiger charge is -2.16. The summed E-state index contributed by atoms with van der Waals surface area (Å²) in [5.41, 5.74) is 2.84. The number of aryl methyl sites for hydroxylation is 1. The summed E-state index contributed by atoms with van der Waals surface area (Å²) in [6, 6.07) is 15.3. The van der Waals surface area contributed by atoms with Crippen LogP contribution in [0.25, 0.3) is 11.5 Å². The number of aromatic nitrogens is 2. The van der Waals surface area contributed by atoms with E-state index in [0.29, 0.717) is 24.7 Å². The summed E-state index contributed by atoms with van der Waals surface area (Å²) in [7, 11) is 1.62. The lowest BCUT2D eigenvalue weighted by Crippen LogP contribution is -2.24. The molecule has 0 radical (unpaired) electrons. The van der Waals surface area contributed by atoms with Gasteiger partial charge in [-0.05, 0) is 42.8 Å². The molecule has 26 heavy (non-hydrogen) atoms. The Balaban J connectivity index is 1.55. The van der Waals surface area contributed by atoms with E-state index in [-0.39, 0.29) is 11.8 Å². The molecule has 1 aliphatic heterocycles. The Labute approximate surface area is 151 Å². The number of carbonyl (C=O) groups is 1. The number of hydrogen-bond acceptors (Lipinski definition) is 5. The highest BCUT2D eigenvalue weighted by Crippen LogP contribution is 2.32. The molecule has 1 fully saturated rings. The van der Waals surface area contributed by atoms with Crippen molar-refractivity contribution in [2.75, 3.05) is 18.6 Å². The minimum Gasteiger partial charge on any atom is -0.497 e. The van der Waals surface area contributed by atoms with Crippen molar-refractivity contribution in [3.8, 4) is 17.2 Å². The predicted octanol–water partition coefficient (Wildman–Crippen LogP) is 3.57. The Kier molecular flexibility index (Phi) is 4.16. The molecule has 132 valence electrons. The number of carbonyl (C=O) groups excluding carboxylic acids is 1. The summed E-state index contributed by atoms with van der Waals surface area (Å²) >= 11 is 0. The van der Waals surface area contributed by atoms with Crippen molar-refractivity contribution in [2.45, 2.75) is 19.3 Å². The maximum Gasteiger partial charge on any atom is 0.258 e. The number of nitrogens with zero attached hydrogens (tertiary/aromatic N) is 3. The van der Waals surface area contributed by atoms with Crippen LogP contribution in [-0.4, -0.2) is 29.7 Å². The van der Waals surface area contributed by atoms with Gasteiger partial charge in [-0.15, -0.1) is 0 Å². The Morgan fingerprint density at radius 2 is 1.92 bits per heavy atom. The van der Waals surface area contributed by atoms with Crippen LogP contribution in [0.5, 0.6) is 5.75 Å². The fraction of sp³-hybridized carbons (Fsp3) is 0.250. The molecule has 1 aliphatic rings. The van der Waals surface area contributed by atoms with Gasteiger partial charge in [0, 0.05) is 30.1 Å². The summed E-state index contributed by atoms with van der Waals surface area (Å²) in [4.78, 5) is 18.7. The van der Waals surface area contributed by atoms with Crippen molar-refractivity contribution in [3.05, 3.63) is 59.9 Å².